The van der Waals surface area contributed by atoms with Crippen LogP contribution in [0, 0.1) is 0 Å². The molecule has 0 spiro atoms. The van der Waals surface area contributed by atoms with Crippen molar-refractivity contribution in [3.63, 3.8) is 0 Å². The Kier molecular flexibility index (Phi) is 345. The Morgan fingerprint density at radius 1 is 0.333 bits per heavy atom. The third-order valence-electron chi connectivity index (χ3n) is 0. The zero-order valence-corrected chi connectivity index (χ0v) is 10.9. The molecular weight excluding hydrogens is 250 g/mol. The quantitative estimate of drug-likeness (QED) is 0.513. The maximum absolute atomic E-state index is 0. The molecule has 0 aliphatic heterocycles. The second-order valence-electron chi connectivity index (χ2n) is 0. The van der Waals surface area contributed by atoms with Gasteiger partial charge in [0.1, 0.15) is 0 Å². The Labute approximate surface area is 115 Å². The average molecular weight is 250 g/mol. The molecule has 6 heteroatoms. The Hall–Kier alpha value is 3.64. The van der Waals surface area contributed by atoms with E-state index in [9.17, 15) is 0 Å². The van der Waals surface area contributed by atoms with Crippen molar-refractivity contribution in [1.82, 2.24) is 0 Å². The summed E-state index contributed by atoms with van der Waals surface area (Å²) in [6.45, 7) is 0. The molecule has 23 valence electrons. The molecule has 0 heterocycles. The standard InChI is InChI=1S/B.5Ti. The summed E-state index contributed by atoms with van der Waals surface area (Å²) in [5.74, 6) is 0. The zero-order valence-electron chi connectivity index (χ0n) is 3.08. The fourth-order valence-corrected chi connectivity index (χ4v) is 0. The van der Waals surface area contributed by atoms with Crippen molar-refractivity contribution in [2.75, 3.05) is 0 Å². The average Bonchev–Trinajstić information content (AvgIpc) is 0. The van der Waals surface area contributed by atoms with Crippen molar-refractivity contribution >= 4 is 8.41 Å². The molecule has 0 aromatic carbocycles. The van der Waals surface area contributed by atoms with Gasteiger partial charge in [0.05, 0.1) is 0 Å². The molecule has 0 fully saturated rings. The minimum atomic E-state index is 0. The Morgan fingerprint density at radius 3 is 0.333 bits per heavy atom. The molecule has 0 aromatic rings. The normalized spacial score (nSPS) is 0. The Balaban J connectivity index is 0. The van der Waals surface area contributed by atoms with E-state index >= 15 is 0 Å². The van der Waals surface area contributed by atoms with Crippen LogP contribution in [-0.4, -0.2) is 8.41 Å². The van der Waals surface area contributed by atoms with E-state index in [0.717, 1.165) is 0 Å². The van der Waals surface area contributed by atoms with Crippen molar-refractivity contribution < 1.29 is 109 Å². The first kappa shape index (κ1) is 54.4. The van der Waals surface area contributed by atoms with Gasteiger partial charge in [-0.25, -0.2) is 0 Å². The van der Waals surface area contributed by atoms with Crippen LogP contribution in [0.2, 0.25) is 0 Å². The van der Waals surface area contributed by atoms with Gasteiger partial charge in [0.25, 0.3) is 0 Å². The van der Waals surface area contributed by atoms with Crippen molar-refractivity contribution in [2.45, 2.75) is 0 Å². The van der Waals surface area contributed by atoms with Gasteiger partial charge in [0.15, 0.2) is 0 Å². The molecule has 0 rings (SSSR count). The van der Waals surface area contributed by atoms with Crippen molar-refractivity contribution in [3.05, 3.63) is 0 Å². The summed E-state index contributed by atoms with van der Waals surface area (Å²) in [5, 5.41) is 0. The molecular formula is BTi5. The van der Waals surface area contributed by atoms with E-state index in [2.05, 4.69) is 0 Å². The van der Waals surface area contributed by atoms with Crippen LogP contribution in [0.25, 0.3) is 0 Å². The first-order chi connectivity index (χ1) is 0. The van der Waals surface area contributed by atoms with Crippen molar-refractivity contribution in [2.24, 2.45) is 0 Å². The summed E-state index contributed by atoms with van der Waals surface area (Å²) in [6, 6.07) is 0. The van der Waals surface area contributed by atoms with E-state index in [4.69, 9.17) is 0 Å². The van der Waals surface area contributed by atoms with Gasteiger partial charge in [0.2, 0.25) is 0 Å². The second-order valence-corrected chi connectivity index (χ2v) is 0. The van der Waals surface area contributed by atoms with Crippen LogP contribution in [0.1, 0.15) is 0 Å². The Bertz CT molecular complexity index is 3.90. The van der Waals surface area contributed by atoms with Gasteiger partial charge in [-0.05, 0) is 0 Å². The fraction of sp³-hybridized carbons (Fsp3) is 0. The molecule has 0 amide bonds. The predicted octanol–water partition coefficient (Wildman–Crippen LogP) is -0.393. The molecule has 0 atom stereocenters. The van der Waals surface area contributed by atoms with E-state index < -0.39 is 0 Å². The van der Waals surface area contributed by atoms with Gasteiger partial charge in [-0.3, -0.25) is 0 Å². The van der Waals surface area contributed by atoms with Gasteiger partial charge >= 0.3 is 0 Å². The number of hydrogen-bond acceptors (Lipinski definition) is 0. The van der Waals surface area contributed by atoms with Crippen molar-refractivity contribution in [1.29, 1.82) is 0 Å². The van der Waals surface area contributed by atoms with E-state index in [-0.39, 0.29) is 117 Å². The first-order valence-electron chi connectivity index (χ1n) is 0. The SMILES string of the molecule is [B].[Ti].[Ti].[Ti].[Ti].[Ti]. The molecule has 0 saturated carbocycles. The summed E-state index contributed by atoms with van der Waals surface area (Å²) in [6.07, 6.45) is 0. The Morgan fingerprint density at radius 2 is 0.333 bits per heavy atom. The molecule has 0 aliphatic rings. The van der Waals surface area contributed by atoms with Crippen LogP contribution >= 0.6 is 0 Å². The monoisotopic (exact) mass is 251 g/mol. The largest absolute Gasteiger partial charge is 0 e. The zero-order chi connectivity index (χ0) is 0. The maximum atomic E-state index is 0. The molecule has 0 nitrogen and oxygen atoms in total. The van der Waals surface area contributed by atoms with Gasteiger partial charge < -0.3 is 0 Å². The molecule has 0 aromatic heterocycles. The first-order valence-corrected chi connectivity index (χ1v) is 0. The van der Waals surface area contributed by atoms with Crippen LogP contribution < -0.4 is 0 Å². The molecule has 0 aliphatic carbocycles. The third kappa shape index (κ3) is 25.4. The van der Waals surface area contributed by atoms with Crippen LogP contribution in [0.3, 0.4) is 0 Å². The second kappa shape index (κ2) is 38.1. The summed E-state index contributed by atoms with van der Waals surface area (Å²) < 4.78 is 0. The van der Waals surface area contributed by atoms with Gasteiger partial charge in [0, 0.05) is 117 Å². The number of hydrogen-bond donors (Lipinski definition) is 0. The summed E-state index contributed by atoms with van der Waals surface area (Å²) >= 11 is 0. The molecule has 0 unspecified atom stereocenters. The maximum Gasteiger partial charge on any atom is 0 e. The van der Waals surface area contributed by atoms with Gasteiger partial charge in [-0.1, -0.05) is 0 Å². The predicted molar refractivity (Wildman–Crippen MR) is 5.75 cm³/mol. The molecule has 3 radical (unpaired) electrons. The number of rotatable bonds is 0. The molecule has 0 saturated heterocycles. The van der Waals surface area contributed by atoms with E-state index in [1.54, 1.807) is 0 Å². The van der Waals surface area contributed by atoms with Gasteiger partial charge in [-0.15, -0.1) is 0 Å². The van der Waals surface area contributed by atoms with E-state index in [0.29, 0.717) is 0 Å². The molecule has 0 bridgehead atoms. The summed E-state index contributed by atoms with van der Waals surface area (Å²) in [4.78, 5) is 0. The molecule has 6 heavy (non-hydrogen) atoms. The summed E-state index contributed by atoms with van der Waals surface area (Å²) in [7, 11) is 0. The van der Waals surface area contributed by atoms with E-state index in [1.807, 2.05) is 0 Å². The topological polar surface area (TPSA) is 0 Å². The molecule has 0 N–H and O–H groups in total. The minimum absolute atomic E-state index is 0. The van der Waals surface area contributed by atoms with Gasteiger partial charge in [-0.2, -0.15) is 0 Å². The fourth-order valence-electron chi connectivity index (χ4n) is 0. The van der Waals surface area contributed by atoms with Crippen LogP contribution in [0.5, 0.6) is 0 Å². The van der Waals surface area contributed by atoms with Crippen LogP contribution in [-0.2, 0) is 109 Å². The minimum Gasteiger partial charge on any atom is 0 e. The third-order valence-corrected chi connectivity index (χ3v) is 0. The smallest absolute Gasteiger partial charge is 0 e. The van der Waals surface area contributed by atoms with Crippen LogP contribution in [0.4, 0.5) is 0 Å². The van der Waals surface area contributed by atoms with Crippen LogP contribution in [0.15, 0.2) is 0 Å². The van der Waals surface area contributed by atoms with Crippen molar-refractivity contribution in [3.8, 4) is 0 Å². The van der Waals surface area contributed by atoms with E-state index in [1.165, 1.54) is 0 Å². The summed E-state index contributed by atoms with van der Waals surface area (Å²) in [5.41, 5.74) is 0.